The Morgan fingerprint density at radius 2 is 1.41 bits per heavy atom. The topological polar surface area (TPSA) is 213 Å². The molecule has 2 aromatic carbocycles. The van der Waals surface area contributed by atoms with E-state index in [1.54, 1.807) is 28.9 Å². The number of unbranched alkanes of at least 4 members (excludes halogenated alkanes) is 1. The third-order valence-corrected chi connectivity index (χ3v) is 9.21. The number of carbonyl (C=O) groups is 5. The molecule has 274 valence electrons. The zero-order valence-corrected chi connectivity index (χ0v) is 30.1. The molecule has 1 heterocycles. The van der Waals surface area contributed by atoms with Gasteiger partial charge in [0.2, 0.25) is 17.7 Å². The van der Waals surface area contributed by atoms with Crippen LogP contribution in [0.5, 0.6) is 5.75 Å². The highest BCUT2D eigenvalue weighted by Crippen LogP contribution is 2.37. The van der Waals surface area contributed by atoms with Gasteiger partial charge in [-0.15, -0.1) is 5.10 Å². The molecule has 0 aliphatic carbocycles. The highest BCUT2D eigenvalue weighted by molar-refractivity contribution is 7.79. The summed E-state index contributed by atoms with van der Waals surface area (Å²) in [7, 11) is 1.90. The largest absolute Gasteiger partial charge is 0.508 e. The summed E-state index contributed by atoms with van der Waals surface area (Å²) in [6, 6.07) is 11.0. The first-order valence-electron chi connectivity index (χ1n) is 16.9. The molecule has 0 aliphatic rings. The SMILES string of the molecule is BC[C@H](CCCCn1cc(CS)nn1)NC(=O)C[C@H](NC(=O)C[C@H](NC(=O)CCC(C)(c1ccc(C)cc1)c1ccc(O)cc1)C(=O)O)C(=O)O. The molecule has 0 saturated carbocycles. The molecule has 14 nitrogen and oxygen atoms in total. The van der Waals surface area contributed by atoms with Crippen molar-refractivity contribution in [2.24, 2.45) is 0 Å². The minimum Gasteiger partial charge on any atom is -0.508 e. The lowest BCUT2D eigenvalue weighted by atomic mass is 9.73. The number of amides is 3. The number of carboxylic acid groups (broad SMARTS) is 2. The number of phenolic OH excluding ortho intramolecular Hbond substituents is 1. The van der Waals surface area contributed by atoms with Gasteiger partial charge in [-0.05, 0) is 55.9 Å². The van der Waals surface area contributed by atoms with Crippen LogP contribution in [0, 0.1) is 6.92 Å². The number of nitrogens with one attached hydrogen (secondary N) is 3. The number of carboxylic acids is 2. The van der Waals surface area contributed by atoms with Crippen molar-refractivity contribution in [2.75, 3.05) is 0 Å². The molecule has 3 aromatic rings. The molecule has 16 heteroatoms. The summed E-state index contributed by atoms with van der Waals surface area (Å²) in [5.41, 5.74) is 2.92. The summed E-state index contributed by atoms with van der Waals surface area (Å²) >= 11 is 4.17. The quantitative estimate of drug-likeness (QED) is 0.0484. The second-order valence-electron chi connectivity index (χ2n) is 12.9. The summed E-state index contributed by atoms with van der Waals surface area (Å²) in [6.07, 6.45) is 3.55. The molecule has 0 spiro atoms. The van der Waals surface area contributed by atoms with Crippen LogP contribution in [0.3, 0.4) is 0 Å². The molecule has 3 rings (SSSR count). The van der Waals surface area contributed by atoms with Crippen LogP contribution in [0.1, 0.15) is 74.3 Å². The van der Waals surface area contributed by atoms with Crippen molar-refractivity contribution in [3.8, 4) is 5.75 Å². The van der Waals surface area contributed by atoms with Crippen molar-refractivity contribution >= 4 is 50.1 Å². The van der Waals surface area contributed by atoms with Gasteiger partial charge in [-0.25, -0.2) is 9.59 Å². The molecule has 3 amide bonds. The van der Waals surface area contributed by atoms with Gasteiger partial charge >= 0.3 is 11.9 Å². The number of nitrogens with zero attached hydrogens (tertiary/aromatic N) is 3. The molecule has 0 bridgehead atoms. The summed E-state index contributed by atoms with van der Waals surface area (Å²) in [4.78, 5) is 62.6. The molecule has 0 aliphatic heterocycles. The van der Waals surface area contributed by atoms with Gasteiger partial charge in [-0.2, -0.15) is 12.6 Å². The van der Waals surface area contributed by atoms with Gasteiger partial charge < -0.3 is 31.3 Å². The van der Waals surface area contributed by atoms with Crippen molar-refractivity contribution in [2.45, 2.75) is 101 Å². The predicted molar refractivity (Wildman–Crippen MR) is 195 cm³/mol. The monoisotopic (exact) mass is 722 g/mol. The third kappa shape index (κ3) is 12.8. The zero-order valence-electron chi connectivity index (χ0n) is 29.2. The molecular formula is C35H47BN6O8S. The lowest BCUT2D eigenvalue weighted by molar-refractivity contribution is -0.145. The van der Waals surface area contributed by atoms with Crippen molar-refractivity contribution in [3.05, 3.63) is 77.1 Å². The van der Waals surface area contributed by atoms with E-state index in [0.717, 1.165) is 35.2 Å². The number of aliphatic carboxylic acids is 2. The van der Waals surface area contributed by atoms with E-state index < -0.39 is 60.0 Å². The Labute approximate surface area is 303 Å². The average Bonchev–Trinajstić information content (AvgIpc) is 3.56. The highest BCUT2D eigenvalue weighted by atomic mass is 32.1. The number of benzene rings is 2. The van der Waals surface area contributed by atoms with Gasteiger partial charge in [0.15, 0.2) is 0 Å². The Morgan fingerprint density at radius 1 is 0.863 bits per heavy atom. The van der Waals surface area contributed by atoms with Crippen LogP contribution in [0.4, 0.5) is 0 Å². The van der Waals surface area contributed by atoms with E-state index in [1.807, 2.05) is 52.2 Å². The standard InChI is InChI=1S/C35H47BN6O8S/c1-22-6-8-23(9-7-22)35(2,24-10-12-27(43)13-11-24)15-14-30(44)38-28(33(47)48)18-32(46)39-29(34(49)50)17-31(45)37-25(19-36)5-3-4-16-42-20-26(21-51)40-41-42/h6-13,20,25,28-29,43,51H,3-5,14-19,21,36H2,1-2H3,(H,37,45)(H,38,44)(H,39,46)(H,47,48)(H,49,50)/t25-,28-,29-,35?/m0/s1. The van der Waals surface area contributed by atoms with Crippen LogP contribution in [0.15, 0.2) is 54.7 Å². The smallest absolute Gasteiger partial charge is 0.326 e. The average molecular weight is 723 g/mol. The van der Waals surface area contributed by atoms with Gasteiger partial charge in [0.05, 0.1) is 18.5 Å². The van der Waals surface area contributed by atoms with Crippen molar-refractivity contribution in [1.82, 2.24) is 30.9 Å². The Balaban J connectivity index is 1.53. The number of thiol groups is 1. The molecule has 4 atom stereocenters. The van der Waals surface area contributed by atoms with Crippen LogP contribution in [-0.2, 0) is 41.7 Å². The number of carbonyl (C=O) groups excluding carboxylic acids is 3. The van der Waals surface area contributed by atoms with Gasteiger partial charge in [-0.3, -0.25) is 19.1 Å². The molecule has 0 radical (unpaired) electrons. The van der Waals surface area contributed by atoms with Crippen LogP contribution in [0.25, 0.3) is 0 Å². The Morgan fingerprint density at radius 3 is 1.94 bits per heavy atom. The van der Waals surface area contributed by atoms with Crippen LogP contribution < -0.4 is 16.0 Å². The van der Waals surface area contributed by atoms with Gasteiger partial charge in [0.1, 0.15) is 25.7 Å². The lowest BCUT2D eigenvalue weighted by Gasteiger charge is -2.31. The van der Waals surface area contributed by atoms with E-state index >= 15 is 0 Å². The Bertz CT molecular complexity index is 1590. The number of aromatic nitrogens is 3. The van der Waals surface area contributed by atoms with E-state index in [2.05, 4.69) is 38.9 Å². The second kappa shape index (κ2) is 19.5. The molecule has 0 saturated heterocycles. The normalized spacial score (nSPS) is 14.0. The van der Waals surface area contributed by atoms with E-state index in [4.69, 9.17) is 0 Å². The molecule has 6 N–H and O–H groups in total. The van der Waals surface area contributed by atoms with Crippen LogP contribution in [0.2, 0.25) is 6.32 Å². The number of aromatic hydroxyl groups is 1. The molecule has 51 heavy (non-hydrogen) atoms. The van der Waals surface area contributed by atoms with Gasteiger partial charge in [0.25, 0.3) is 0 Å². The number of hydrogen-bond donors (Lipinski definition) is 7. The van der Waals surface area contributed by atoms with Gasteiger partial charge in [-0.1, -0.05) is 60.4 Å². The summed E-state index contributed by atoms with van der Waals surface area (Å²) in [5, 5.41) is 44.7. The number of hydrogen-bond acceptors (Lipinski definition) is 9. The minimum atomic E-state index is -1.63. The number of phenols is 1. The fraction of sp³-hybridized carbons (Fsp3) is 0.457. The highest BCUT2D eigenvalue weighted by Gasteiger charge is 2.32. The number of aryl methyl sites for hydroxylation is 2. The first-order chi connectivity index (χ1) is 24.2. The van der Waals surface area contributed by atoms with Gasteiger partial charge in [0, 0.05) is 36.4 Å². The van der Waals surface area contributed by atoms with Crippen molar-refractivity contribution in [3.63, 3.8) is 0 Å². The second-order valence-corrected chi connectivity index (χ2v) is 13.2. The third-order valence-electron chi connectivity index (χ3n) is 8.89. The lowest BCUT2D eigenvalue weighted by Crippen LogP contribution is -2.49. The first-order valence-corrected chi connectivity index (χ1v) is 17.6. The fourth-order valence-corrected chi connectivity index (χ4v) is 5.85. The maximum Gasteiger partial charge on any atom is 0.326 e. The summed E-state index contributed by atoms with van der Waals surface area (Å²) < 4.78 is 1.73. The molecular weight excluding hydrogens is 675 g/mol. The first kappa shape index (κ1) is 40.6. The maximum atomic E-state index is 13.0. The summed E-state index contributed by atoms with van der Waals surface area (Å²) in [6.45, 7) is 4.56. The zero-order chi connectivity index (χ0) is 37.6. The van der Waals surface area contributed by atoms with E-state index in [0.29, 0.717) is 25.0 Å². The maximum absolute atomic E-state index is 13.0. The van der Waals surface area contributed by atoms with E-state index in [-0.39, 0.29) is 24.6 Å². The molecule has 1 aromatic heterocycles. The molecule has 1 unspecified atom stereocenters. The van der Waals surface area contributed by atoms with Crippen LogP contribution in [-0.4, -0.2) is 85.9 Å². The molecule has 0 fully saturated rings. The van der Waals surface area contributed by atoms with Crippen molar-refractivity contribution < 1.29 is 39.3 Å². The van der Waals surface area contributed by atoms with E-state index in [1.165, 1.54) is 0 Å². The summed E-state index contributed by atoms with van der Waals surface area (Å²) in [5.74, 6) is -4.47. The number of rotatable bonds is 21. The van der Waals surface area contributed by atoms with Crippen LogP contribution >= 0.6 is 12.6 Å². The fourth-order valence-electron chi connectivity index (χ4n) is 5.71. The van der Waals surface area contributed by atoms with Crippen molar-refractivity contribution in [1.29, 1.82) is 0 Å². The Hall–Kier alpha value is -4.86. The Kier molecular flexibility index (Phi) is 15.5. The van der Waals surface area contributed by atoms with E-state index in [9.17, 15) is 39.3 Å². The minimum absolute atomic E-state index is 0.0926. The predicted octanol–water partition coefficient (Wildman–Crippen LogP) is 2.13.